The highest BCUT2D eigenvalue weighted by Crippen LogP contribution is 2.22. The van der Waals surface area contributed by atoms with Crippen LogP contribution in [0.1, 0.15) is 31.2 Å². The number of carboxylic acid groups (broad SMARTS) is 1. The molecule has 1 aromatic carbocycles. The zero-order valence-corrected chi connectivity index (χ0v) is 10.4. The number of carboxylic acids is 1. The predicted octanol–water partition coefficient (Wildman–Crippen LogP) is 3.39. The first-order valence-electron chi connectivity index (χ1n) is 5.61. The van der Waals surface area contributed by atoms with E-state index in [1.165, 1.54) is 0 Å². The van der Waals surface area contributed by atoms with Crippen molar-refractivity contribution in [3.8, 4) is 0 Å². The molecule has 2 nitrogen and oxygen atoms in total. The van der Waals surface area contributed by atoms with Crippen molar-refractivity contribution in [2.75, 3.05) is 11.5 Å². The maximum Gasteiger partial charge on any atom is 0.310 e. The van der Waals surface area contributed by atoms with Crippen molar-refractivity contribution < 1.29 is 9.90 Å². The summed E-state index contributed by atoms with van der Waals surface area (Å²) >= 11 is 1.86. The molecule has 1 rings (SSSR count). The van der Waals surface area contributed by atoms with Gasteiger partial charge in [-0.15, -0.1) is 0 Å². The maximum absolute atomic E-state index is 11.2. The van der Waals surface area contributed by atoms with E-state index in [-0.39, 0.29) is 5.92 Å². The molecular weight excluding hydrogens is 220 g/mol. The van der Waals surface area contributed by atoms with Gasteiger partial charge in [-0.25, -0.2) is 0 Å². The first-order chi connectivity index (χ1) is 7.75. The Labute approximate surface area is 101 Å². The highest BCUT2D eigenvalue weighted by atomic mass is 32.2. The lowest BCUT2D eigenvalue weighted by Gasteiger charge is -2.12. The summed E-state index contributed by atoms with van der Waals surface area (Å²) in [5.41, 5.74) is 0.913. The lowest BCUT2D eigenvalue weighted by molar-refractivity contribution is -0.139. The Morgan fingerprint density at radius 2 is 2.06 bits per heavy atom. The van der Waals surface area contributed by atoms with Crippen LogP contribution in [0, 0.1) is 0 Å². The molecule has 0 bridgehead atoms. The molecule has 0 aromatic heterocycles. The molecule has 1 unspecified atom stereocenters. The van der Waals surface area contributed by atoms with Crippen molar-refractivity contribution >= 4 is 17.7 Å². The van der Waals surface area contributed by atoms with Gasteiger partial charge in [0, 0.05) is 0 Å². The molecule has 0 aliphatic rings. The summed E-state index contributed by atoms with van der Waals surface area (Å²) in [6.45, 7) is 2.12. The summed E-state index contributed by atoms with van der Waals surface area (Å²) < 4.78 is 0. The topological polar surface area (TPSA) is 37.3 Å². The maximum atomic E-state index is 11.2. The van der Waals surface area contributed by atoms with Crippen LogP contribution in [0.15, 0.2) is 30.3 Å². The van der Waals surface area contributed by atoms with Gasteiger partial charge in [-0.05, 0) is 29.9 Å². The van der Waals surface area contributed by atoms with Crippen LogP contribution in [0.2, 0.25) is 0 Å². The number of hydrogen-bond acceptors (Lipinski definition) is 2. The lowest BCUT2D eigenvalue weighted by Crippen LogP contribution is -2.11. The summed E-state index contributed by atoms with van der Waals surface area (Å²) in [7, 11) is 0. The second-order valence-electron chi connectivity index (χ2n) is 3.64. The molecule has 0 saturated carbocycles. The average Bonchev–Trinajstić information content (AvgIpc) is 2.30. The highest BCUT2D eigenvalue weighted by molar-refractivity contribution is 7.99. The summed E-state index contributed by atoms with van der Waals surface area (Å²) in [6.07, 6.45) is 1.69. The van der Waals surface area contributed by atoms with Crippen LogP contribution in [0.5, 0.6) is 0 Å². The Morgan fingerprint density at radius 1 is 1.38 bits per heavy atom. The third-order valence-electron chi connectivity index (χ3n) is 2.49. The molecule has 0 heterocycles. The fraction of sp³-hybridized carbons (Fsp3) is 0.462. The molecule has 0 radical (unpaired) electrons. The third kappa shape index (κ3) is 4.27. The average molecular weight is 238 g/mol. The molecule has 0 aliphatic heterocycles. The van der Waals surface area contributed by atoms with Crippen LogP contribution < -0.4 is 0 Å². The minimum Gasteiger partial charge on any atom is -0.481 e. The zero-order chi connectivity index (χ0) is 11.8. The molecular formula is C13H18O2S. The van der Waals surface area contributed by atoms with E-state index in [0.717, 1.165) is 29.9 Å². The molecule has 0 aliphatic carbocycles. The molecule has 88 valence electrons. The number of hydrogen-bond donors (Lipinski definition) is 1. The lowest BCUT2D eigenvalue weighted by atomic mass is 9.95. The number of carbonyl (C=O) groups is 1. The Bertz CT molecular complexity index is 311. The zero-order valence-electron chi connectivity index (χ0n) is 9.56. The molecule has 1 aromatic rings. The monoisotopic (exact) mass is 238 g/mol. The quantitative estimate of drug-likeness (QED) is 0.740. The number of rotatable bonds is 7. The van der Waals surface area contributed by atoms with Crippen molar-refractivity contribution in [1.29, 1.82) is 0 Å². The molecule has 1 N–H and O–H groups in total. The van der Waals surface area contributed by atoms with Gasteiger partial charge in [0.25, 0.3) is 0 Å². The van der Waals surface area contributed by atoms with Gasteiger partial charge < -0.3 is 5.11 Å². The minimum absolute atomic E-state index is 0.348. The van der Waals surface area contributed by atoms with Crippen LogP contribution in [-0.2, 0) is 4.79 Å². The number of aliphatic carboxylic acids is 1. The fourth-order valence-corrected chi connectivity index (χ4v) is 2.31. The smallest absolute Gasteiger partial charge is 0.310 e. The first kappa shape index (κ1) is 13.1. The van der Waals surface area contributed by atoms with E-state index in [1.54, 1.807) is 0 Å². The van der Waals surface area contributed by atoms with Crippen LogP contribution >= 0.6 is 11.8 Å². The summed E-state index contributed by atoms with van der Waals surface area (Å²) in [6, 6.07) is 9.49. The van der Waals surface area contributed by atoms with Gasteiger partial charge >= 0.3 is 5.97 Å². The van der Waals surface area contributed by atoms with Gasteiger partial charge in [-0.2, -0.15) is 11.8 Å². The van der Waals surface area contributed by atoms with Gasteiger partial charge in [0.2, 0.25) is 0 Å². The van der Waals surface area contributed by atoms with Gasteiger partial charge in [-0.3, -0.25) is 4.79 Å². The molecule has 3 heteroatoms. The van der Waals surface area contributed by atoms with Crippen LogP contribution in [0.25, 0.3) is 0 Å². The fourth-order valence-electron chi connectivity index (χ4n) is 1.65. The van der Waals surface area contributed by atoms with Crippen LogP contribution in [0.3, 0.4) is 0 Å². The second kappa shape index (κ2) is 7.34. The number of thioether (sulfide) groups is 1. The molecule has 0 amide bonds. The highest BCUT2D eigenvalue weighted by Gasteiger charge is 2.18. The first-order valence-corrected chi connectivity index (χ1v) is 6.76. The molecule has 0 saturated heterocycles. The van der Waals surface area contributed by atoms with Gasteiger partial charge in [-0.1, -0.05) is 37.3 Å². The summed E-state index contributed by atoms with van der Waals surface area (Å²) in [5, 5.41) is 9.18. The van der Waals surface area contributed by atoms with Crippen molar-refractivity contribution in [1.82, 2.24) is 0 Å². The predicted molar refractivity (Wildman–Crippen MR) is 69.1 cm³/mol. The van der Waals surface area contributed by atoms with E-state index in [0.29, 0.717) is 0 Å². The molecule has 1 atom stereocenters. The van der Waals surface area contributed by atoms with Gasteiger partial charge in [0.15, 0.2) is 0 Å². The van der Waals surface area contributed by atoms with Crippen molar-refractivity contribution in [3.05, 3.63) is 35.9 Å². The standard InChI is InChI=1S/C13H18O2S/c1-2-16-10-6-9-12(13(14)15)11-7-4-3-5-8-11/h3-5,7-8,12H,2,6,9-10H2,1H3,(H,14,15). The van der Waals surface area contributed by atoms with Crippen molar-refractivity contribution in [3.63, 3.8) is 0 Å². The van der Waals surface area contributed by atoms with Crippen molar-refractivity contribution in [2.24, 2.45) is 0 Å². The second-order valence-corrected chi connectivity index (χ2v) is 5.03. The third-order valence-corrected chi connectivity index (χ3v) is 3.47. The molecule has 0 spiro atoms. The van der Waals surface area contributed by atoms with Gasteiger partial charge in [0.05, 0.1) is 5.92 Å². The van der Waals surface area contributed by atoms with E-state index in [1.807, 2.05) is 42.1 Å². The van der Waals surface area contributed by atoms with Crippen LogP contribution in [-0.4, -0.2) is 22.6 Å². The Hall–Kier alpha value is -0.960. The van der Waals surface area contributed by atoms with Gasteiger partial charge in [0.1, 0.15) is 0 Å². The van der Waals surface area contributed by atoms with E-state index in [2.05, 4.69) is 6.92 Å². The SMILES string of the molecule is CCSCCCC(C(=O)O)c1ccccc1. The Morgan fingerprint density at radius 3 is 2.62 bits per heavy atom. The Balaban J connectivity index is 2.52. The van der Waals surface area contributed by atoms with E-state index >= 15 is 0 Å². The normalized spacial score (nSPS) is 12.3. The minimum atomic E-state index is -0.715. The largest absolute Gasteiger partial charge is 0.481 e. The van der Waals surface area contributed by atoms with Crippen molar-refractivity contribution in [2.45, 2.75) is 25.7 Å². The van der Waals surface area contributed by atoms with E-state index in [9.17, 15) is 9.90 Å². The molecule has 0 fully saturated rings. The molecule has 16 heavy (non-hydrogen) atoms. The Kier molecular flexibility index (Phi) is 6.01. The number of benzene rings is 1. The van der Waals surface area contributed by atoms with E-state index in [4.69, 9.17) is 0 Å². The van der Waals surface area contributed by atoms with E-state index < -0.39 is 5.97 Å². The van der Waals surface area contributed by atoms with Crippen LogP contribution in [0.4, 0.5) is 0 Å². The summed E-state index contributed by atoms with van der Waals surface area (Å²) in [5.74, 6) is 1.09. The summed E-state index contributed by atoms with van der Waals surface area (Å²) in [4.78, 5) is 11.2.